The molecule has 150 valence electrons. The maximum Gasteiger partial charge on any atom is 0.261 e. The van der Waals surface area contributed by atoms with E-state index < -0.39 is 0 Å². The quantitative estimate of drug-likeness (QED) is 0.462. The molecule has 0 aromatic heterocycles. The van der Waals surface area contributed by atoms with E-state index in [9.17, 15) is 4.79 Å². The molecule has 0 atom stereocenters. The third-order valence-electron chi connectivity index (χ3n) is 3.63. The molecule has 0 heterocycles. The Morgan fingerprint density at radius 2 is 1.71 bits per heavy atom. The van der Waals surface area contributed by atoms with E-state index in [1.807, 2.05) is 37.3 Å². The highest BCUT2D eigenvalue weighted by Crippen LogP contribution is 2.18. The van der Waals surface area contributed by atoms with E-state index in [1.165, 1.54) is 0 Å². The lowest BCUT2D eigenvalue weighted by atomic mass is 10.2. The zero-order valence-corrected chi connectivity index (χ0v) is 17.0. The Hall–Kier alpha value is -2.64. The van der Waals surface area contributed by atoms with Crippen molar-refractivity contribution in [2.45, 2.75) is 20.3 Å². The van der Waals surface area contributed by atoms with Gasteiger partial charge in [0.25, 0.3) is 5.91 Å². The Kier molecular flexibility index (Phi) is 9.24. The monoisotopic (exact) mass is 402 g/mol. The van der Waals surface area contributed by atoms with Crippen molar-refractivity contribution >= 4 is 28.9 Å². The molecule has 2 rings (SSSR count). The van der Waals surface area contributed by atoms with E-state index in [-0.39, 0.29) is 11.0 Å². The topological polar surface area (TPSA) is 68.8 Å². The third kappa shape index (κ3) is 7.17. The van der Waals surface area contributed by atoms with Crippen LogP contribution >= 0.6 is 12.2 Å². The number of benzene rings is 2. The summed E-state index contributed by atoms with van der Waals surface area (Å²) in [7, 11) is 0. The summed E-state index contributed by atoms with van der Waals surface area (Å²) in [5, 5.41) is 5.87. The van der Waals surface area contributed by atoms with Crippen LogP contribution in [-0.4, -0.2) is 37.4 Å². The molecular formula is C21H26N2O4S. The van der Waals surface area contributed by atoms with Gasteiger partial charge < -0.3 is 19.5 Å². The predicted octanol–water partition coefficient (Wildman–Crippen LogP) is 4.02. The van der Waals surface area contributed by atoms with E-state index in [4.69, 9.17) is 26.4 Å². The van der Waals surface area contributed by atoms with Crippen LogP contribution in [0.15, 0.2) is 48.5 Å². The minimum Gasteiger partial charge on any atom is -0.494 e. The van der Waals surface area contributed by atoms with Gasteiger partial charge in [-0.05, 0) is 62.0 Å². The van der Waals surface area contributed by atoms with Gasteiger partial charge in [-0.25, -0.2) is 0 Å². The third-order valence-corrected chi connectivity index (χ3v) is 3.84. The first-order valence-corrected chi connectivity index (χ1v) is 9.69. The van der Waals surface area contributed by atoms with Gasteiger partial charge >= 0.3 is 0 Å². The lowest BCUT2D eigenvalue weighted by Crippen LogP contribution is -2.34. The molecule has 0 aliphatic carbocycles. The van der Waals surface area contributed by atoms with E-state index in [0.29, 0.717) is 37.7 Å². The molecule has 2 aromatic rings. The lowest BCUT2D eigenvalue weighted by Gasteiger charge is -2.13. The normalized spacial score (nSPS) is 10.2. The van der Waals surface area contributed by atoms with Gasteiger partial charge in [0.2, 0.25) is 0 Å². The number of thiocarbonyl (C=S) groups is 1. The van der Waals surface area contributed by atoms with Crippen LogP contribution in [0, 0.1) is 0 Å². The summed E-state index contributed by atoms with van der Waals surface area (Å²) in [6, 6.07) is 14.4. The minimum atomic E-state index is -0.340. The van der Waals surface area contributed by atoms with Crippen molar-refractivity contribution in [2.24, 2.45) is 0 Å². The Bertz CT molecular complexity index is 765. The first-order valence-electron chi connectivity index (χ1n) is 9.28. The van der Waals surface area contributed by atoms with Crippen molar-refractivity contribution in [2.75, 3.05) is 31.7 Å². The van der Waals surface area contributed by atoms with Gasteiger partial charge in [0.15, 0.2) is 5.11 Å². The summed E-state index contributed by atoms with van der Waals surface area (Å²) < 4.78 is 16.4. The average Bonchev–Trinajstić information content (AvgIpc) is 2.71. The number of hydrogen-bond acceptors (Lipinski definition) is 5. The van der Waals surface area contributed by atoms with Crippen molar-refractivity contribution < 1.29 is 19.0 Å². The molecule has 0 radical (unpaired) electrons. The van der Waals surface area contributed by atoms with Gasteiger partial charge in [-0.15, -0.1) is 0 Å². The fraction of sp³-hybridized carbons (Fsp3) is 0.333. The number of para-hydroxylation sites is 1. The molecule has 6 nitrogen and oxygen atoms in total. The minimum absolute atomic E-state index is 0.205. The highest BCUT2D eigenvalue weighted by atomic mass is 32.1. The molecule has 0 aliphatic rings. The van der Waals surface area contributed by atoms with Gasteiger partial charge in [-0.2, -0.15) is 0 Å². The Morgan fingerprint density at radius 1 is 0.964 bits per heavy atom. The van der Waals surface area contributed by atoms with Crippen molar-refractivity contribution in [3.8, 4) is 11.5 Å². The first kappa shape index (κ1) is 21.7. The first-order chi connectivity index (χ1) is 13.6. The number of rotatable bonds is 10. The standard InChI is InChI=1S/C21H26N2O4S/c1-3-13-26-17-11-9-16(10-12-17)22-21(28)23-20(24)18-7-5-6-8-19(18)27-15-14-25-4-2/h5-12H,3-4,13-15H2,1-2H3,(H2,22,23,24,28). The van der Waals surface area contributed by atoms with E-state index in [1.54, 1.807) is 18.2 Å². The van der Waals surface area contributed by atoms with Gasteiger partial charge in [0, 0.05) is 12.3 Å². The number of anilines is 1. The zero-order valence-electron chi connectivity index (χ0n) is 16.2. The molecule has 1 amide bonds. The van der Waals surface area contributed by atoms with Crippen molar-refractivity contribution in [3.05, 3.63) is 54.1 Å². The molecule has 7 heteroatoms. The maximum atomic E-state index is 12.6. The largest absolute Gasteiger partial charge is 0.494 e. The van der Waals surface area contributed by atoms with Crippen LogP contribution in [0.4, 0.5) is 5.69 Å². The summed E-state index contributed by atoms with van der Waals surface area (Å²) >= 11 is 5.25. The van der Waals surface area contributed by atoms with Crippen LogP contribution < -0.4 is 20.1 Å². The second-order valence-electron chi connectivity index (χ2n) is 5.82. The number of carbonyl (C=O) groups is 1. The van der Waals surface area contributed by atoms with Crippen LogP contribution in [0.25, 0.3) is 0 Å². The van der Waals surface area contributed by atoms with Crippen molar-refractivity contribution in [1.82, 2.24) is 5.32 Å². The summed E-state index contributed by atoms with van der Waals surface area (Å²) in [5.74, 6) is 0.938. The highest BCUT2D eigenvalue weighted by Gasteiger charge is 2.13. The zero-order chi connectivity index (χ0) is 20.2. The molecule has 0 saturated carbocycles. The summed E-state index contributed by atoms with van der Waals surface area (Å²) in [5.41, 5.74) is 1.17. The second-order valence-corrected chi connectivity index (χ2v) is 6.23. The van der Waals surface area contributed by atoms with Crippen LogP contribution in [0.2, 0.25) is 0 Å². The molecule has 28 heavy (non-hydrogen) atoms. The molecule has 2 aromatic carbocycles. The van der Waals surface area contributed by atoms with Crippen LogP contribution in [0.3, 0.4) is 0 Å². The van der Waals surface area contributed by atoms with Crippen molar-refractivity contribution in [3.63, 3.8) is 0 Å². The van der Waals surface area contributed by atoms with E-state index >= 15 is 0 Å². The van der Waals surface area contributed by atoms with E-state index in [0.717, 1.165) is 17.9 Å². The van der Waals surface area contributed by atoms with Gasteiger partial charge in [-0.1, -0.05) is 19.1 Å². The van der Waals surface area contributed by atoms with Crippen LogP contribution in [0.1, 0.15) is 30.6 Å². The number of amides is 1. The molecule has 0 fully saturated rings. The second kappa shape index (κ2) is 11.9. The molecule has 0 spiro atoms. The Labute approximate surface area is 171 Å². The number of hydrogen-bond donors (Lipinski definition) is 2. The Balaban J connectivity index is 1.90. The van der Waals surface area contributed by atoms with Gasteiger partial charge in [0.1, 0.15) is 18.1 Å². The summed E-state index contributed by atoms with van der Waals surface area (Å²) in [6.07, 6.45) is 0.951. The predicted molar refractivity (Wildman–Crippen MR) is 114 cm³/mol. The van der Waals surface area contributed by atoms with Crippen LogP contribution in [0.5, 0.6) is 11.5 Å². The molecule has 0 saturated heterocycles. The fourth-order valence-electron chi connectivity index (χ4n) is 2.32. The summed E-state index contributed by atoms with van der Waals surface area (Å²) in [6.45, 7) is 6.10. The van der Waals surface area contributed by atoms with Crippen molar-refractivity contribution in [1.29, 1.82) is 0 Å². The molecular weight excluding hydrogens is 376 g/mol. The lowest BCUT2D eigenvalue weighted by molar-refractivity contribution is 0.0958. The molecule has 0 unspecified atom stereocenters. The molecule has 0 aliphatic heterocycles. The number of ether oxygens (including phenoxy) is 3. The molecule has 0 bridgehead atoms. The smallest absolute Gasteiger partial charge is 0.261 e. The highest BCUT2D eigenvalue weighted by molar-refractivity contribution is 7.80. The average molecular weight is 403 g/mol. The number of carbonyl (C=O) groups excluding carboxylic acids is 1. The molecule has 2 N–H and O–H groups in total. The fourth-order valence-corrected chi connectivity index (χ4v) is 2.53. The van der Waals surface area contributed by atoms with E-state index in [2.05, 4.69) is 17.6 Å². The van der Waals surface area contributed by atoms with Gasteiger partial charge in [-0.3, -0.25) is 10.1 Å². The number of nitrogens with one attached hydrogen (secondary N) is 2. The summed E-state index contributed by atoms with van der Waals surface area (Å²) in [4.78, 5) is 12.6. The van der Waals surface area contributed by atoms with Crippen LogP contribution in [-0.2, 0) is 4.74 Å². The SMILES string of the molecule is CCCOc1ccc(NC(=S)NC(=O)c2ccccc2OCCOCC)cc1. The maximum absolute atomic E-state index is 12.6. The Morgan fingerprint density at radius 3 is 2.43 bits per heavy atom. The van der Waals surface area contributed by atoms with Gasteiger partial charge in [0.05, 0.1) is 18.8 Å².